The molecule has 114 valence electrons. The van der Waals surface area contributed by atoms with Gasteiger partial charge in [0.15, 0.2) is 0 Å². The number of fused-ring (bicyclic) bond motifs is 1. The Labute approximate surface area is 127 Å². The van der Waals surface area contributed by atoms with Gasteiger partial charge in [0.05, 0.1) is 11.0 Å². The molecule has 2 N–H and O–H groups in total. The quantitative estimate of drug-likeness (QED) is 0.788. The molecule has 1 aromatic carbocycles. The van der Waals surface area contributed by atoms with Crippen LogP contribution < -0.4 is 5.32 Å². The summed E-state index contributed by atoms with van der Waals surface area (Å²) in [6.07, 6.45) is 6.70. The summed E-state index contributed by atoms with van der Waals surface area (Å²) in [6, 6.07) is 7.08. The van der Waals surface area contributed by atoms with Crippen LogP contribution in [0.1, 0.15) is 51.8 Å². The van der Waals surface area contributed by atoms with Crippen LogP contribution in [0.5, 0.6) is 0 Å². The molecule has 3 heteroatoms. The van der Waals surface area contributed by atoms with Gasteiger partial charge >= 0.3 is 0 Å². The van der Waals surface area contributed by atoms with Crippen molar-refractivity contribution in [3.63, 3.8) is 0 Å². The minimum absolute atomic E-state index is 0.621. The van der Waals surface area contributed by atoms with E-state index >= 15 is 0 Å². The Morgan fingerprint density at radius 3 is 2.86 bits per heavy atom. The minimum Gasteiger partial charge on any atom is -0.382 e. The third-order valence-corrected chi connectivity index (χ3v) is 4.93. The second-order valence-electron chi connectivity index (χ2n) is 6.91. The van der Waals surface area contributed by atoms with Gasteiger partial charge in [-0.05, 0) is 56.2 Å². The van der Waals surface area contributed by atoms with Crippen molar-refractivity contribution >= 4 is 16.7 Å². The van der Waals surface area contributed by atoms with E-state index < -0.39 is 0 Å². The van der Waals surface area contributed by atoms with Gasteiger partial charge in [-0.2, -0.15) is 0 Å². The van der Waals surface area contributed by atoms with Gasteiger partial charge in [0.2, 0.25) is 0 Å². The van der Waals surface area contributed by atoms with Crippen LogP contribution in [-0.2, 0) is 0 Å². The van der Waals surface area contributed by atoms with E-state index in [4.69, 9.17) is 0 Å². The largest absolute Gasteiger partial charge is 0.382 e. The smallest absolute Gasteiger partial charge is 0.104 e. The highest BCUT2D eigenvalue weighted by Gasteiger charge is 2.20. The molecule has 1 fully saturated rings. The molecule has 1 saturated carbocycles. The number of aryl methyl sites for hydroxylation is 1. The molecule has 2 unspecified atom stereocenters. The molecular formula is C18H27N3. The first-order chi connectivity index (χ1) is 10.1. The molecule has 0 spiro atoms. The molecular weight excluding hydrogens is 258 g/mol. The number of hydrogen-bond acceptors (Lipinski definition) is 2. The number of benzene rings is 1. The van der Waals surface area contributed by atoms with Crippen molar-refractivity contribution in [1.29, 1.82) is 0 Å². The standard InChI is InChI=1S/C18H27N3/c1-12(2)14-5-4-6-15(8-7-14)21-16-9-10-17-18(11-16)20-13(3)19-17/h9-12,14-15,21H,4-8H2,1-3H3,(H,19,20). The van der Waals surface area contributed by atoms with Crippen molar-refractivity contribution < 1.29 is 0 Å². The molecule has 0 saturated heterocycles. The molecule has 0 radical (unpaired) electrons. The normalized spacial score (nSPS) is 23.4. The van der Waals surface area contributed by atoms with E-state index in [0.29, 0.717) is 6.04 Å². The lowest BCUT2D eigenvalue weighted by atomic mass is 9.89. The van der Waals surface area contributed by atoms with Crippen LogP contribution in [0.4, 0.5) is 5.69 Å². The fourth-order valence-corrected chi connectivity index (χ4v) is 3.60. The summed E-state index contributed by atoms with van der Waals surface area (Å²) < 4.78 is 0. The third-order valence-electron chi connectivity index (χ3n) is 4.93. The monoisotopic (exact) mass is 285 g/mol. The summed E-state index contributed by atoms with van der Waals surface area (Å²) in [5.74, 6) is 2.72. The lowest BCUT2D eigenvalue weighted by Gasteiger charge is -2.19. The maximum atomic E-state index is 4.46. The maximum absolute atomic E-state index is 4.46. The van der Waals surface area contributed by atoms with E-state index in [0.717, 1.165) is 28.7 Å². The number of nitrogens with zero attached hydrogens (tertiary/aromatic N) is 1. The van der Waals surface area contributed by atoms with Gasteiger partial charge in [0.1, 0.15) is 5.82 Å². The van der Waals surface area contributed by atoms with Crippen molar-refractivity contribution in [3.05, 3.63) is 24.0 Å². The van der Waals surface area contributed by atoms with E-state index in [1.165, 1.54) is 37.8 Å². The number of imidazole rings is 1. The molecule has 1 aliphatic carbocycles. The van der Waals surface area contributed by atoms with E-state index in [9.17, 15) is 0 Å². The molecule has 2 atom stereocenters. The average Bonchev–Trinajstić information content (AvgIpc) is 2.65. The topological polar surface area (TPSA) is 40.7 Å². The first-order valence-corrected chi connectivity index (χ1v) is 8.34. The number of nitrogens with one attached hydrogen (secondary N) is 2. The van der Waals surface area contributed by atoms with Crippen molar-refractivity contribution in [1.82, 2.24) is 9.97 Å². The Hall–Kier alpha value is -1.51. The first kappa shape index (κ1) is 14.4. The number of anilines is 1. The molecule has 1 aliphatic rings. The van der Waals surface area contributed by atoms with Crippen LogP contribution >= 0.6 is 0 Å². The van der Waals surface area contributed by atoms with Crippen LogP contribution in [0.2, 0.25) is 0 Å². The predicted octanol–water partition coefficient (Wildman–Crippen LogP) is 4.89. The summed E-state index contributed by atoms with van der Waals surface area (Å²) in [6.45, 7) is 6.74. The lowest BCUT2D eigenvalue weighted by Crippen LogP contribution is -2.18. The van der Waals surface area contributed by atoms with Crippen LogP contribution in [0.25, 0.3) is 11.0 Å². The second-order valence-corrected chi connectivity index (χ2v) is 6.91. The van der Waals surface area contributed by atoms with Gasteiger partial charge in [-0.15, -0.1) is 0 Å². The Morgan fingerprint density at radius 2 is 2.05 bits per heavy atom. The fraction of sp³-hybridized carbons (Fsp3) is 0.611. The molecule has 0 aliphatic heterocycles. The molecule has 0 amide bonds. The molecule has 2 aromatic rings. The molecule has 1 aromatic heterocycles. The Bertz CT molecular complexity index is 600. The number of aromatic amines is 1. The molecule has 1 heterocycles. The molecule has 3 rings (SSSR count). The zero-order valence-corrected chi connectivity index (χ0v) is 13.4. The Morgan fingerprint density at radius 1 is 1.19 bits per heavy atom. The Kier molecular flexibility index (Phi) is 4.18. The van der Waals surface area contributed by atoms with Crippen LogP contribution in [0.15, 0.2) is 18.2 Å². The van der Waals surface area contributed by atoms with Crippen LogP contribution in [-0.4, -0.2) is 16.0 Å². The lowest BCUT2D eigenvalue weighted by molar-refractivity contribution is 0.341. The first-order valence-electron chi connectivity index (χ1n) is 8.34. The van der Waals surface area contributed by atoms with Crippen LogP contribution in [0.3, 0.4) is 0 Å². The van der Waals surface area contributed by atoms with Gasteiger partial charge in [0, 0.05) is 11.7 Å². The van der Waals surface area contributed by atoms with Crippen LogP contribution in [0, 0.1) is 18.8 Å². The fourth-order valence-electron chi connectivity index (χ4n) is 3.60. The maximum Gasteiger partial charge on any atom is 0.104 e. The third kappa shape index (κ3) is 3.39. The second kappa shape index (κ2) is 6.08. The number of hydrogen-bond donors (Lipinski definition) is 2. The van der Waals surface area contributed by atoms with Crippen molar-refractivity contribution in [2.24, 2.45) is 11.8 Å². The SMILES string of the molecule is Cc1nc2ccc(NC3CCCC(C(C)C)CC3)cc2[nH]1. The summed E-state index contributed by atoms with van der Waals surface area (Å²) in [7, 11) is 0. The Balaban J connectivity index is 1.67. The average molecular weight is 285 g/mol. The molecule has 0 bridgehead atoms. The highest BCUT2D eigenvalue weighted by atomic mass is 14.9. The zero-order valence-electron chi connectivity index (χ0n) is 13.4. The number of aromatic nitrogens is 2. The molecule has 21 heavy (non-hydrogen) atoms. The summed E-state index contributed by atoms with van der Waals surface area (Å²) >= 11 is 0. The van der Waals surface area contributed by atoms with Gasteiger partial charge in [0.25, 0.3) is 0 Å². The van der Waals surface area contributed by atoms with E-state index in [2.05, 4.69) is 47.3 Å². The van der Waals surface area contributed by atoms with E-state index in [-0.39, 0.29) is 0 Å². The zero-order chi connectivity index (χ0) is 14.8. The van der Waals surface area contributed by atoms with Gasteiger partial charge < -0.3 is 10.3 Å². The van der Waals surface area contributed by atoms with E-state index in [1.807, 2.05) is 6.92 Å². The highest BCUT2D eigenvalue weighted by molar-refractivity contribution is 5.79. The highest BCUT2D eigenvalue weighted by Crippen LogP contribution is 2.30. The van der Waals surface area contributed by atoms with Crippen molar-refractivity contribution in [2.45, 2.75) is 58.9 Å². The van der Waals surface area contributed by atoms with Gasteiger partial charge in [-0.25, -0.2) is 4.98 Å². The van der Waals surface area contributed by atoms with Gasteiger partial charge in [-0.3, -0.25) is 0 Å². The molecule has 3 nitrogen and oxygen atoms in total. The van der Waals surface area contributed by atoms with E-state index in [1.54, 1.807) is 0 Å². The van der Waals surface area contributed by atoms with Crippen molar-refractivity contribution in [3.8, 4) is 0 Å². The summed E-state index contributed by atoms with van der Waals surface area (Å²) in [5, 5.41) is 3.73. The minimum atomic E-state index is 0.621. The summed E-state index contributed by atoms with van der Waals surface area (Å²) in [5.41, 5.74) is 3.41. The number of rotatable bonds is 3. The summed E-state index contributed by atoms with van der Waals surface area (Å²) in [4.78, 5) is 7.78. The number of H-pyrrole nitrogens is 1. The van der Waals surface area contributed by atoms with Crippen molar-refractivity contribution in [2.75, 3.05) is 5.32 Å². The predicted molar refractivity (Wildman–Crippen MR) is 89.7 cm³/mol. The van der Waals surface area contributed by atoms with Gasteiger partial charge in [-0.1, -0.05) is 26.7 Å².